The summed E-state index contributed by atoms with van der Waals surface area (Å²) in [6.07, 6.45) is 1.00. The van der Waals surface area contributed by atoms with Crippen LogP contribution in [0.5, 0.6) is 0 Å². The Kier molecular flexibility index (Phi) is 4.80. The maximum Gasteiger partial charge on any atom is 0.320 e. The van der Waals surface area contributed by atoms with Gasteiger partial charge < -0.3 is 15.1 Å². The van der Waals surface area contributed by atoms with Crippen LogP contribution < -0.4 is 5.32 Å². The van der Waals surface area contributed by atoms with Crippen LogP contribution in [-0.2, 0) is 6.54 Å². The molecule has 1 saturated heterocycles. The number of amides is 2. The van der Waals surface area contributed by atoms with Gasteiger partial charge in [-0.05, 0) is 32.5 Å². The molecule has 0 bridgehead atoms. The highest BCUT2D eigenvalue weighted by molar-refractivity contribution is 5.76. The van der Waals surface area contributed by atoms with Crippen molar-refractivity contribution in [2.24, 2.45) is 0 Å². The third-order valence-corrected chi connectivity index (χ3v) is 3.69. The van der Waals surface area contributed by atoms with Gasteiger partial charge in [0, 0.05) is 25.7 Å². The lowest BCUT2D eigenvalue weighted by molar-refractivity contribution is 0.176. The zero-order valence-electron chi connectivity index (χ0n) is 11.8. The number of carbonyl (C=O) groups excluding carboxylic acids is 1. The number of hydrogen-bond acceptors (Lipinski definition) is 2. The molecule has 0 radical (unpaired) electrons. The summed E-state index contributed by atoms with van der Waals surface area (Å²) in [6, 6.07) is 10.7. The minimum atomic E-state index is 0.174. The van der Waals surface area contributed by atoms with Gasteiger partial charge in [-0.2, -0.15) is 0 Å². The highest BCUT2D eigenvalue weighted by Gasteiger charge is 2.31. The van der Waals surface area contributed by atoms with E-state index in [0.717, 1.165) is 32.6 Å². The van der Waals surface area contributed by atoms with Gasteiger partial charge in [-0.3, -0.25) is 0 Å². The Hall–Kier alpha value is -1.55. The second-order valence-electron chi connectivity index (χ2n) is 5.12. The molecule has 1 aromatic rings. The lowest BCUT2D eigenvalue weighted by Gasteiger charge is -2.24. The minimum Gasteiger partial charge on any atom is -0.320 e. The number of carbonyl (C=O) groups is 1. The zero-order valence-corrected chi connectivity index (χ0v) is 11.8. The van der Waals surface area contributed by atoms with Gasteiger partial charge >= 0.3 is 6.03 Å². The van der Waals surface area contributed by atoms with Gasteiger partial charge in [0.1, 0.15) is 0 Å². The van der Waals surface area contributed by atoms with Gasteiger partial charge in [-0.25, -0.2) is 4.79 Å². The van der Waals surface area contributed by atoms with Crippen molar-refractivity contribution in [2.75, 3.05) is 26.7 Å². The SMILES string of the molecule is CNCCC(C)N1CCN(Cc2ccccc2)C1=O. The molecule has 2 amide bonds. The van der Waals surface area contributed by atoms with Crippen LogP contribution in [0.4, 0.5) is 4.79 Å². The fourth-order valence-electron chi connectivity index (χ4n) is 2.47. The molecule has 1 fully saturated rings. The molecule has 4 nitrogen and oxygen atoms in total. The number of benzene rings is 1. The lowest BCUT2D eigenvalue weighted by atomic mass is 10.2. The quantitative estimate of drug-likeness (QED) is 0.849. The van der Waals surface area contributed by atoms with Gasteiger partial charge in [0.25, 0.3) is 0 Å². The van der Waals surface area contributed by atoms with Gasteiger partial charge in [0.15, 0.2) is 0 Å². The number of rotatable bonds is 6. The maximum absolute atomic E-state index is 12.3. The van der Waals surface area contributed by atoms with Crippen molar-refractivity contribution in [1.29, 1.82) is 0 Å². The molecular formula is C15H23N3O. The molecule has 4 heteroatoms. The van der Waals surface area contributed by atoms with E-state index in [1.807, 2.05) is 35.0 Å². The summed E-state index contributed by atoms with van der Waals surface area (Å²) in [5.74, 6) is 0. The molecule has 0 spiro atoms. The zero-order chi connectivity index (χ0) is 13.7. The Bertz CT molecular complexity index is 407. The van der Waals surface area contributed by atoms with E-state index in [-0.39, 0.29) is 6.03 Å². The van der Waals surface area contributed by atoms with E-state index in [4.69, 9.17) is 0 Å². The van der Waals surface area contributed by atoms with Crippen LogP contribution in [0.3, 0.4) is 0 Å². The summed E-state index contributed by atoms with van der Waals surface area (Å²) in [5.41, 5.74) is 1.19. The summed E-state index contributed by atoms with van der Waals surface area (Å²) < 4.78 is 0. The number of nitrogens with one attached hydrogen (secondary N) is 1. The molecule has 1 unspecified atom stereocenters. The van der Waals surface area contributed by atoms with Crippen molar-refractivity contribution >= 4 is 6.03 Å². The van der Waals surface area contributed by atoms with Crippen molar-refractivity contribution in [1.82, 2.24) is 15.1 Å². The van der Waals surface area contributed by atoms with Crippen molar-refractivity contribution in [3.63, 3.8) is 0 Å². The van der Waals surface area contributed by atoms with E-state index < -0.39 is 0 Å². The van der Waals surface area contributed by atoms with Crippen LogP contribution in [-0.4, -0.2) is 48.6 Å². The molecule has 1 aliphatic heterocycles. The Balaban J connectivity index is 1.90. The molecule has 2 rings (SSSR count). The van der Waals surface area contributed by atoms with Crippen molar-refractivity contribution < 1.29 is 4.79 Å². The first-order valence-electron chi connectivity index (χ1n) is 6.96. The first-order valence-corrected chi connectivity index (χ1v) is 6.96. The van der Waals surface area contributed by atoms with E-state index in [1.54, 1.807) is 0 Å². The van der Waals surface area contributed by atoms with Crippen LogP contribution in [0.1, 0.15) is 18.9 Å². The summed E-state index contributed by atoms with van der Waals surface area (Å²) in [6.45, 7) is 5.47. The summed E-state index contributed by atoms with van der Waals surface area (Å²) in [7, 11) is 1.94. The van der Waals surface area contributed by atoms with E-state index >= 15 is 0 Å². The Labute approximate surface area is 115 Å². The molecule has 1 aromatic carbocycles. The highest BCUT2D eigenvalue weighted by Crippen LogP contribution is 2.17. The Morgan fingerprint density at radius 2 is 2.00 bits per heavy atom. The van der Waals surface area contributed by atoms with Crippen LogP contribution in [0.25, 0.3) is 0 Å². The standard InChI is InChI=1S/C15H23N3O/c1-13(8-9-16-2)18-11-10-17(15(18)19)12-14-6-4-3-5-7-14/h3-7,13,16H,8-12H2,1-2H3. The average Bonchev–Trinajstić information content (AvgIpc) is 2.79. The second kappa shape index (κ2) is 6.57. The third kappa shape index (κ3) is 3.47. The van der Waals surface area contributed by atoms with Gasteiger partial charge in [-0.1, -0.05) is 30.3 Å². The number of nitrogens with zero attached hydrogens (tertiary/aromatic N) is 2. The summed E-state index contributed by atoms with van der Waals surface area (Å²) in [5, 5.41) is 3.14. The molecule has 19 heavy (non-hydrogen) atoms. The normalized spacial score (nSPS) is 17.1. The summed E-state index contributed by atoms with van der Waals surface area (Å²) in [4.78, 5) is 16.3. The molecule has 0 saturated carbocycles. The molecule has 1 N–H and O–H groups in total. The second-order valence-corrected chi connectivity index (χ2v) is 5.12. The predicted octanol–water partition coefficient (Wildman–Crippen LogP) is 1.92. The fraction of sp³-hybridized carbons (Fsp3) is 0.533. The topological polar surface area (TPSA) is 35.6 Å². The smallest absolute Gasteiger partial charge is 0.320 e. The Morgan fingerprint density at radius 1 is 1.26 bits per heavy atom. The third-order valence-electron chi connectivity index (χ3n) is 3.69. The van der Waals surface area contributed by atoms with Crippen molar-refractivity contribution in [3.8, 4) is 0 Å². The van der Waals surface area contributed by atoms with Crippen LogP contribution in [0, 0.1) is 0 Å². The predicted molar refractivity (Wildman–Crippen MR) is 77.0 cm³/mol. The number of hydrogen-bond donors (Lipinski definition) is 1. The Morgan fingerprint density at radius 3 is 2.68 bits per heavy atom. The molecule has 1 heterocycles. The molecular weight excluding hydrogens is 238 g/mol. The van der Waals surface area contributed by atoms with Crippen LogP contribution >= 0.6 is 0 Å². The molecule has 0 aliphatic carbocycles. The van der Waals surface area contributed by atoms with E-state index in [9.17, 15) is 4.79 Å². The monoisotopic (exact) mass is 261 g/mol. The molecule has 104 valence electrons. The van der Waals surface area contributed by atoms with Gasteiger partial charge in [0.05, 0.1) is 0 Å². The van der Waals surface area contributed by atoms with Crippen molar-refractivity contribution in [3.05, 3.63) is 35.9 Å². The molecule has 0 aromatic heterocycles. The van der Waals surface area contributed by atoms with Crippen LogP contribution in [0.15, 0.2) is 30.3 Å². The highest BCUT2D eigenvalue weighted by atomic mass is 16.2. The van der Waals surface area contributed by atoms with Gasteiger partial charge in [0.2, 0.25) is 0 Å². The largest absolute Gasteiger partial charge is 0.320 e. The van der Waals surface area contributed by atoms with Crippen molar-refractivity contribution in [2.45, 2.75) is 25.9 Å². The molecule has 1 atom stereocenters. The minimum absolute atomic E-state index is 0.174. The fourth-order valence-corrected chi connectivity index (χ4v) is 2.47. The van der Waals surface area contributed by atoms with Crippen LogP contribution in [0.2, 0.25) is 0 Å². The van der Waals surface area contributed by atoms with E-state index in [0.29, 0.717) is 6.04 Å². The first-order chi connectivity index (χ1) is 9.22. The maximum atomic E-state index is 12.3. The molecule has 1 aliphatic rings. The summed E-state index contributed by atoms with van der Waals surface area (Å²) >= 11 is 0. The van der Waals surface area contributed by atoms with Gasteiger partial charge in [-0.15, -0.1) is 0 Å². The number of urea groups is 1. The van der Waals surface area contributed by atoms with E-state index in [1.165, 1.54) is 5.56 Å². The lowest BCUT2D eigenvalue weighted by Crippen LogP contribution is -2.38. The van der Waals surface area contributed by atoms with E-state index in [2.05, 4.69) is 24.4 Å². The first kappa shape index (κ1) is 13.9. The average molecular weight is 261 g/mol.